The number of rotatable bonds is 2. The molecule has 0 amide bonds. The van der Waals surface area contributed by atoms with Crippen molar-refractivity contribution in [3.63, 3.8) is 0 Å². The van der Waals surface area contributed by atoms with Crippen LogP contribution in [-0.2, 0) is 6.42 Å². The Labute approximate surface area is 116 Å². The quantitative estimate of drug-likeness (QED) is 0.588. The second-order valence-electron chi connectivity index (χ2n) is 4.88. The van der Waals surface area contributed by atoms with Crippen LogP contribution in [0.1, 0.15) is 12.5 Å². The highest BCUT2D eigenvalue weighted by Gasteiger charge is 2.05. The zero-order valence-electron chi connectivity index (χ0n) is 11.2. The molecule has 0 saturated heterocycles. The normalized spacial score (nSPS) is 10.9. The van der Waals surface area contributed by atoms with Gasteiger partial charge >= 0.3 is 0 Å². The Kier molecular flexibility index (Phi) is 3.23. The molecular weight excluding hydrogens is 254 g/mol. The molecule has 0 bridgehead atoms. The lowest BCUT2D eigenvalue weighted by molar-refractivity contribution is 0.509. The van der Waals surface area contributed by atoms with Crippen LogP contribution in [0.5, 0.6) is 0 Å². The Morgan fingerprint density at radius 1 is 0.700 bits per heavy atom. The van der Waals surface area contributed by atoms with Crippen LogP contribution in [0.15, 0.2) is 54.6 Å². The van der Waals surface area contributed by atoms with Crippen molar-refractivity contribution in [2.45, 2.75) is 13.3 Å². The second kappa shape index (κ2) is 5.04. The molecule has 0 aliphatic heterocycles. The third-order valence-corrected chi connectivity index (χ3v) is 3.57. The molecule has 20 heavy (non-hydrogen) atoms. The fourth-order valence-corrected chi connectivity index (χ4v) is 2.37. The molecule has 0 unspecified atom stereocenters. The van der Waals surface area contributed by atoms with Crippen molar-refractivity contribution in [1.82, 2.24) is 0 Å². The summed E-state index contributed by atoms with van der Waals surface area (Å²) >= 11 is 0. The van der Waals surface area contributed by atoms with Gasteiger partial charge in [0.1, 0.15) is 0 Å². The third-order valence-electron chi connectivity index (χ3n) is 3.57. The average molecular weight is 268 g/mol. The van der Waals surface area contributed by atoms with Crippen LogP contribution in [0.3, 0.4) is 0 Å². The van der Waals surface area contributed by atoms with Gasteiger partial charge in [0.15, 0.2) is 11.6 Å². The smallest absolute Gasteiger partial charge is 0.159 e. The molecule has 0 nitrogen and oxygen atoms in total. The van der Waals surface area contributed by atoms with E-state index in [0.717, 1.165) is 28.8 Å². The van der Waals surface area contributed by atoms with Crippen LogP contribution < -0.4 is 0 Å². The molecule has 0 atom stereocenters. The van der Waals surface area contributed by atoms with Crippen molar-refractivity contribution in [3.8, 4) is 11.1 Å². The molecule has 0 N–H and O–H groups in total. The number of fused-ring (bicyclic) bond motifs is 1. The monoisotopic (exact) mass is 268 g/mol. The lowest BCUT2D eigenvalue weighted by Gasteiger charge is -2.06. The molecule has 0 aromatic heterocycles. The Hall–Kier alpha value is -2.22. The molecular formula is C18H14F2. The van der Waals surface area contributed by atoms with Gasteiger partial charge in [-0.2, -0.15) is 0 Å². The topological polar surface area (TPSA) is 0 Å². The van der Waals surface area contributed by atoms with Crippen molar-refractivity contribution in [2.24, 2.45) is 0 Å². The molecule has 3 aromatic rings. The van der Waals surface area contributed by atoms with Crippen molar-refractivity contribution in [1.29, 1.82) is 0 Å². The Bertz CT molecular complexity index is 775. The predicted octanol–water partition coefficient (Wildman–Crippen LogP) is 5.35. The summed E-state index contributed by atoms with van der Waals surface area (Å²) in [5.41, 5.74) is 2.86. The summed E-state index contributed by atoms with van der Waals surface area (Å²) < 4.78 is 26.3. The summed E-state index contributed by atoms with van der Waals surface area (Å²) in [6, 6.07) is 16.3. The van der Waals surface area contributed by atoms with E-state index in [1.165, 1.54) is 11.6 Å². The SMILES string of the molecule is CCc1ccc2cc(-c3ccc(F)c(F)c3)ccc2c1. The largest absolute Gasteiger partial charge is 0.204 e. The number of aryl methyl sites for hydroxylation is 1. The van der Waals surface area contributed by atoms with Gasteiger partial charge in [-0.1, -0.05) is 43.3 Å². The number of halogens is 2. The van der Waals surface area contributed by atoms with E-state index >= 15 is 0 Å². The van der Waals surface area contributed by atoms with Gasteiger partial charge in [0, 0.05) is 0 Å². The van der Waals surface area contributed by atoms with Gasteiger partial charge in [0.2, 0.25) is 0 Å². The van der Waals surface area contributed by atoms with Crippen molar-refractivity contribution >= 4 is 10.8 Å². The maximum absolute atomic E-state index is 13.3. The van der Waals surface area contributed by atoms with E-state index in [-0.39, 0.29) is 0 Å². The Balaban J connectivity index is 2.10. The van der Waals surface area contributed by atoms with E-state index in [0.29, 0.717) is 5.56 Å². The zero-order valence-corrected chi connectivity index (χ0v) is 11.2. The van der Waals surface area contributed by atoms with Gasteiger partial charge in [0.25, 0.3) is 0 Å². The van der Waals surface area contributed by atoms with Gasteiger partial charge in [-0.05, 0) is 52.1 Å². The minimum atomic E-state index is -0.817. The predicted molar refractivity (Wildman–Crippen MR) is 78.7 cm³/mol. The molecule has 0 radical (unpaired) electrons. The first kappa shape index (κ1) is 12.8. The number of hydrogen-bond donors (Lipinski definition) is 0. The molecule has 2 heteroatoms. The van der Waals surface area contributed by atoms with Crippen molar-refractivity contribution < 1.29 is 8.78 Å². The molecule has 100 valence electrons. The maximum atomic E-state index is 13.3. The Morgan fingerprint density at radius 3 is 2.10 bits per heavy atom. The highest BCUT2D eigenvalue weighted by molar-refractivity contribution is 5.87. The molecule has 0 aliphatic rings. The molecule has 0 fully saturated rings. The standard InChI is InChI=1S/C18H14F2/c1-2-12-3-4-14-10-15(6-5-13(14)9-12)16-7-8-17(19)18(20)11-16/h3-11H,2H2,1H3. The lowest BCUT2D eigenvalue weighted by Crippen LogP contribution is -1.86. The van der Waals surface area contributed by atoms with Crippen molar-refractivity contribution in [2.75, 3.05) is 0 Å². The van der Waals surface area contributed by atoms with E-state index in [1.807, 2.05) is 18.2 Å². The first-order valence-electron chi connectivity index (χ1n) is 6.65. The summed E-state index contributed by atoms with van der Waals surface area (Å²) in [6.45, 7) is 2.12. The van der Waals surface area contributed by atoms with E-state index < -0.39 is 11.6 Å². The summed E-state index contributed by atoms with van der Waals surface area (Å²) in [7, 11) is 0. The minimum Gasteiger partial charge on any atom is -0.204 e. The minimum absolute atomic E-state index is 0.686. The van der Waals surface area contributed by atoms with Gasteiger partial charge in [-0.3, -0.25) is 0 Å². The highest BCUT2D eigenvalue weighted by Crippen LogP contribution is 2.26. The van der Waals surface area contributed by atoms with Crippen LogP contribution in [0.2, 0.25) is 0 Å². The van der Waals surface area contributed by atoms with Crippen LogP contribution in [-0.4, -0.2) is 0 Å². The summed E-state index contributed by atoms with van der Waals surface area (Å²) in [5.74, 6) is -1.63. The number of hydrogen-bond acceptors (Lipinski definition) is 0. The van der Waals surface area contributed by atoms with Crippen LogP contribution in [0.25, 0.3) is 21.9 Å². The Morgan fingerprint density at radius 2 is 1.35 bits per heavy atom. The maximum Gasteiger partial charge on any atom is 0.159 e. The zero-order chi connectivity index (χ0) is 14.1. The third kappa shape index (κ3) is 2.29. The fraction of sp³-hybridized carbons (Fsp3) is 0.111. The molecule has 0 saturated carbocycles. The van der Waals surface area contributed by atoms with Gasteiger partial charge in [-0.15, -0.1) is 0 Å². The van der Waals surface area contributed by atoms with Gasteiger partial charge in [-0.25, -0.2) is 8.78 Å². The van der Waals surface area contributed by atoms with Crippen LogP contribution in [0.4, 0.5) is 8.78 Å². The first-order chi connectivity index (χ1) is 9.67. The molecule has 3 rings (SSSR count). The molecule has 3 aromatic carbocycles. The average Bonchev–Trinajstić information content (AvgIpc) is 2.49. The summed E-state index contributed by atoms with van der Waals surface area (Å²) in [5, 5.41) is 2.26. The summed E-state index contributed by atoms with van der Waals surface area (Å²) in [4.78, 5) is 0. The van der Waals surface area contributed by atoms with Crippen LogP contribution >= 0.6 is 0 Å². The fourth-order valence-electron chi connectivity index (χ4n) is 2.37. The molecule has 0 spiro atoms. The van der Waals surface area contributed by atoms with Crippen molar-refractivity contribution in [3.05, 3.63) is 71.8 Å². The molecule has 0 heterocycles. The number of benzene rings is 3. The van der Waals surface area contributed by atoms with E-state index in [4.69, 9.17) is 0 Å². The van der Waals surface area contributed by atoms with Gasteiger partial charge < -0.3 is 0 Å². The lowest BCUT2D eigenvalue weighted by atomic mass is 9.99. The molecule has 0 aliphatic carbocycles. The van der Waals surface area contributed by atoms with Gasteiger partial charge in [0.05, 0.1) is 0 Å². The van der Waals surface area contributed by atoms with E-state index in [9.17, 15) is 8.78 Å². The van der Waals surface area contributed by atoms with Crippen LogP contribution in [0, 0.1) is 11.6 Å². The second-order valence-corrected chi connectivity index (χ2v) is 4.88. The first-order valence-corrected chi connectivity index (χ1v) is 6.65. The van der Waals surface area contributed by atoms with E-state index in [2.05, 4.69) is 25.1 Å². The van der Waals surface area contributed by atoms with E-state index in [1.54, 1.807) is 6.07 Å². The highest BCUT2D eigenvalue weighted by atomic mass is 19.2. The summed E-state index contributed by atoms with van der Waals surface area (Å²) in [6.07, 6.45) is 1.00.